The van der Waals surface area contributed by atoms with Gasteiger partial charge in [0.15, 0.2) is 0 Å². The van der Waals surface area contributed by atoms with Gasteiger partial charge in [0, 0.05) is 34.6 Å². The van der Waals surface area contributed by atoms with Crippen molar-refractivity contribution < 1.29 is 25.2 Å². The summed E-state index contributed by atoms with van der Waals surface area (Å²) in [4.78, 5) is 8.13. The van der Waals surface area contributed by atoms with Gasteiger partial charge in [-0.3, -0.25) is 9.97 Å². The molecule has 0 bridgehead atoms. The van der Waals surface area contributed by atoms with Crippen molar-refractivity contribution in [3.8, 4) is 11.5 Å². The maximum Gasteiger partial charge on any atom is 0.146 e. The topological polar surface area (TPSA) is 116 Å². The Labute approximate surface area is 158 Å². The zero-order chi connectivity index (χ0) is 17.0. The highest BCUT2D eigenvalue weighted by Gasteiger charge is 2.16. The molecule has 0 fully saturated rings. The fraction of sp³-hybridized carbons (Fsp3) is 0.375. The lowest BCUT2D eigenvalue weighted by Crippen LogP contribution is -2.08. The Hall–Kier alpha value is -1.64. The third kappa shape index (κ3) is 4.93. The van der Waals surface area contributed by atoms with Gasteiger partial charge >= 0.3 is 0 Å². The molecule has 0 saturated carbocycles. The van der Waals surface area contributed by atoms with E-state index in [9.17, 15) is 20.4 Å². The van der Waals surface area contributed by atoms with Gasteiger partial charge in [0.25, 0.3) is 0 Å². The van der Waals surface area contributed by atoms with Crippen molar-refractivity contribution in [2.24, 2.45) is 0 Å². The number of aromatic nitrogens is 2. The van der Waals surface area contributed by atoms with Crippen molar-refractivity contribution in [3.63, 3.8) is 0 Å². The molecule has 2 aromatic rings. The lowest BCUT2D eigenvalue weighted by Gasteiger charge is -2.17. The smallest absolute Gasteiger partial charge is 0.146 e. The van der Waals surface area contributed by atoms with Gasteiger partial charge in [-0.25, -0.2) is 0 Å². The summed E-state index contributed by atoms with van der Waals surface area (Å²) in [6.45, 7) is 2.51. The summed E-state index contributed by atoms with van der Waals surface area (Å²) < 4.78 is 5.73. The molecule has 0 amide bonds. The van der Waals surface area contributed by atoms with E-state index in [0.717, 1.165) is 0 Å². The minimum atomic E-state index is -0.303. The molecular weight excluding hydrogens is 371 g/mol. The molecule has 0 spiro atoms. The molecule has 0 aromatic carbocycles. The minimum absolute atomic E-state index is 0. The molecule has 0 aliphatic carbocycles. The van der Waals surface area contributed by atoms with E-state index in [1.54, 1.807) is 13.8 Å². The molecule has 140 valence electrons. The predicted octanol–water partition coefficient (Wildman–Crippen LogP) is 1.70. The quantitative estimate of drug-likeness (QED) is 0.590. The zero-order valence-electron chi connectivity index (χ0n) is 13.9. The molecule has 2 heterocycles. The number of rotatable bonds is 6. The van der Waals surface area contributed by atoms with Gasteiger partial charge in [0.1, 0.15) is 18.1 Å². The molecule has 2 rings (SSSR count). The predicted molar refractivity (Wildman–Crippen MR) is 96.2 cm³/mol. The monoisotopic (exact) mass is 392 g/mol. The van der Waals surface area contributed by atoms with Gasteiger partial charge in [-0.05, 0) is 13.8 Å². The summed E-state index contributed by atoms with van der Waals surface area (Å²) >= 11 is 0. The van der Waals surface area contributed by atoms with E-state index in [1.165, 1.54) is 12.4 Å². The number of nitrogens with zero attached hydrogens (tertiary/aromatic N) is 2. The van der Waals surface area contributed by atoms with E-state index >= 15 is 0 Å². The van der Waals surface area contributed by atoms with Crippen molar-refractivity contribution in [1.29, 1.82) is 0 Å². The molecule has 25 heavy (non-hydrogen) atoms. The van der Waals surface area contributed by atoms with Gasteiger partial charge in [0.05, 0.1) is 31.2 Å². The van der Waals surface area contributed by atoms with Crippen LogP contribution >= 0.6 is 24.8 Å². The van der Waals surface area contributed by atoms with Crippen LogP contribution in [0.25, 0.3) is 0 Å². The van der Waals surface area contributed by atoms with E-state index in [1.807, 2.05) is 0 Å². The normalized spacial score (nSPS) is 9.96. The second-order valence-electron chi connectivity index (χ2n) is 5.14. The maximum atomic E-state index is 10.1. The van der Waals surface area contributed by atoms with Crippen LogP contribution in [0.4, 0.5) is 0 Å². The molecule has 2 aromatic heterocycles. The molecule has 0 aliphatic rings. The Balaban J connectivity index is 0.00000288. The second-order valence-corrected chi connectivity index (χ2v) is 5.14. The number of ether oxygens (including phenoxy) is 1. The molecule has 0 atom stereocenters. The van der Waals surface area contributed by atoms with Gasteiger partial charge in [-0.2, -0.15) is 0 Å². The summed E-state index contributed by atoms with van der Waals surface area (Å²) in [5, 5.41) is 38.4. The Kier molecular flexibility index (Phi) is 9.69. The number of pyridine rings is 2. The number of aromatic hydroxyl groups is 1. The van der Waals surface area contributed by atoms with Crippen LogP contribution in [0, 0.1) is 13.8 Å². The first-order valence-electron chi connectivity index (χ1n) is 7.12. The first kappa shape index (κ1) is 23.4. The Morgan fingerprint density at radius 1 is 0.840 bits per heavy atom. The molecule has 0 unspecified atom stereocenters. The molecule has 0 aliphatic heterocycles. The molecular formula is C16H22Cl2N2O5. The van der Waals surface area contributed by atoms with Crippen LogP contribution in [0.1, 0.15) is 33.6 Å². The van der Waals surface area contributed by atoms with Crippen LogP contribution in [0.15, 0.2) is 12.4 Å². The fourth-order valence-corrected chi connectivity index (χ4v) is 2.30. The lowest BCUT2D eigenvalue weighted by atomic mass is 10.1. The van der Waals surface area contributed by atoms with Crippen molar-refractivity contribution >= 4 is 24.8 Å². The molecule has 0 radical (unpaired) electrons. The number of aliphatic hydroxyl groups excluding tert-OH is 3. The van der Waals surface area contributed by atoms with Crippen molar-refractivity contribution in [2.75, 3.05) is 0 Å². The third-order valence-electron chi connectivity index (χ3n) is 3.69. The van der Waals surface area contributed by atoms with E-state index in [4.69, 9.17) is 4.74 Å². The van der Waals surface area contributed by atoms with Gasteiger partial charge in [-0.1, -0.05) is 0 Å². The molecule has 0 saturated heterocycles. The van der Waals surface area contributed by atoms with Crippen LogP contribution in [-0.2, 0) is 26.4 Å². The lowest BCUT2D eigenvalue weighted by molar-refractivity contribution is 0.238. The zero-order valence-corrected chi connectivity index (χ0v) is 15.5. The number of hydrogen-bond donors (Lipinski definition) is 4. The highest BCUT2D eigenvalue weighted by molar-refractivity contribution is 5.85. The van der Waals surface area contributed by atoms with Crippen molar-refractivity contribution in [2.45, 2.75) is 40.3 Å². The average molecular weight is 393 g/mol. The summed E-state index contributed by atoms with van der Waals surface area (Å²) in [5.41, 5.74) is 2.81. The van der Waals surface area contributed by atoms with E-state index < -0.39 is 0 Å². The minimum Gasteiger partial charge on any atom is -0.506 e. The number of aliphatic hydroxyl groups is 3. The van der Waals surface area contributed by atoms with Gasteiger partial charge in [0.2, 0.25) is 0 Å². The van der Waals surface area contributed by atoms with Crippen LogP contribution in [0.2, 0.25) is 0 Å². The summed E-state index contributed by atoms with van der Waals surface area (Å²) in [6.07, 6.45) is 2.97. The first-order chi connectivity index (χ1) is 11.0. The Morgan fingerprint density at radius 2 is 1.36 bits per heavy atom. The standard InChI is InChI=1S/C16H20N2O5.2ClH/c1-9-15(22)14(12(6-20)4-17-9)8-23-16-10(2)18-3-11(5-19)13(16)7-21;;/h3-4,19-22H,5-8H2,1-2H3;2*1H. The van der Waals surface area contributed by atoms with E-state index in [0.29, 0.717) is 39.4 Å². The molecule has 7 nitrogen and oxygen atoms in total. The number of hydrogen-bond acceptors (Lipinski definition) is 7. The average Bonchev–Trinajstić information content (AvgIpc) is 2.56. The second kappa shape index (κ2) is 10.4. The van der Waals surface area contributed by atoms with Crippen molar-refractivity contribution in [3.05, 3.63) is 46.0 Å². The van der Waals surface area contributed by atoms with Crippen LogP contribution in [0.5, 0.6) is 11.5 Å². The summed E-state index contributed by atoms with van der Waals surface area (Å²) in [6, 6.07) is 0. The van der Waals surface area contributed by atoms with Gasteiger partial charge < -0.3 is 25.2 Å². The van der Waals surface area contributed by atoms with E-state index in [2.05, 4.69) is 9.97 Å². The Bertz CT molecular complexity index is 713. The maximum absolute atomic E-state index is 10.1. The SMILES string of the molecule is Cc1ncc(CO)c(COc2c(C)ncc(CO)c2CO)c1O.Cl.Cl. The van der Waals surface area contributed by atoms with Crippen LogP contribution < -0.4 is 4.74 Å². The van der Waals surface area contributed by atoms with Crippen molar-refractivity contribution in [1.82, 2.24) is 9.97 Å². The number of aryl methyl sites for hydroxylation is 2. The first-order valence-corrected chi connectivity index (χ1v) is 7.12. The molecule has 4 N–H and O–H groups in total. The highest BCUT2D eigenvalue weighted by atomic mass is 35.5. The largest absolute Gasteiger partial charge is 0.506 e. The highest BCUT2D eigenvalue weighted by Crippen LogP contribution is 2.29. The molecule has 9 heteroatoms. The fourth-order valence-electron chi connectivity index (χ4n) is 2.30. The Morgan fingerprint density at radius 3 is 1.88 bits per heavy atom. The summed E-state index contributed by atoms with van der Waals surface area (Å²) in [5.74, 6) is 0.322. The number of halogens is 2. The van der Waals surface area contributed by atoms with Crippen LogP contribution in [-0.4, -0.2) is 30.4 Å². The van der Waals surface area contributed by atoms with Crippen LogP contribution in [0.3, 0.4) is 0 Å². The van der Waals surface area contributed by atoms with Gasteiger partial charge in [-0.15, -0.1) is 24.8 Å². The third-order valence-corrected chi connectivity index (χ3v) is 3.69. The summed E-state index contributed by atoms with van der Waals surface area (Å²) in [7, 11) is 0. The van der Waals surface area contributed by atoms with E-state index in [-0.39, 0.29) is 57.0 Å².